The van der Waals surface area contributed by atoms with Crippen molar-refractivity contribution in [1.82, 2.24) is 0 Å². The van der Waals surface area contributed by atoms with Gasteiger partial charge < -0.3 is 4.74 Å². The Bertz CT molecular complexity index is 127. The van der Waals surface area contributed by atoms with Crippen molar-refractivity contribution in [3.8, 4) is 0 Å². The Kier molecular flexibility index (Phi) is 4.44. The van der Waals surface area contributed by atoms with Gasteiger partial charge >= 0.3 is 12.3 Å². The number of hydrogen-bond donors (Lipinski definition) is 0. The van der Waals surface area contributed by atoms with E-state index in [1.165, 1.54) is 0 Å². The molecule has 0 heterocycles. The molecule has 1 atom stereocenters. The molecule has 0 aliphatic rings. The summed E-state index contributed by atoms with van der Waals surface area (Å²) in [5, 5.41) is 0. The van der Waals surface area contributed by atoms with Gasteiger partial charge in [0, 0.05) is 13.5 Å². The minimum Gasteiger partial charge on any atom is -0.375 e. The van der Waals surface area contributed by atoms with E-state index in [0.29, 0.717) is 0 Å². The van der Waals surface area contributed by atoms with Crippen molar-refractivity contribution in [2.75, 3.05) is 13.8 Å². The lowest BCUT2D eigenvalue weighted by Gasteiger charge is -2.23. The number of halogens is 5. The van der Waals surface area contributed by atoms with E-state index < -0.39 is 31.5 Å². The summed E-state index contributed by atoms with van der Waals surface area (Å²) in [7, 11) is 0.844. The molecule has 12 heavy (non-hydrogen) atoms. The van der Waals surface area contributed by atoms with E-state index in [9.17, 15) is 22.0 Å². The van der Waals surface area contributed by atoms with Crippen LogP contribution in [-0.2, 0) is 4.74 Å². The second-order valence-electron chi connectivity index (χ2n) is 2.18. The van der Waals surface area contributed by atoms with Crippen molar-refractivity contribution in [2.45, 2.75) is 24.9 Å². The third-order valence-corrected chi connectivity index (χ3v) is 1.38. The van der Waals surface area contributed by atoms with Crippen LogP contribution in [0.2, 0.25) is 0 Å². The fourth-order valence-corrected chi connectivity index (χ4v) is 0.707. The summed E-state index contributed by atoms with van der Waals surface area (Å²) in [6.07, 6.45) is -6.61. The summed E-state index contributed by atoms with van der Waals surface area (Å²) in [6, 6.07) is 0. The highest BCUT2D eigenvalue weighted by atomic mass is 19.3. The third-order valence-electron chi connectivity index (χ3n) is 1.38. The van der Waals surface area contributed by atoms with Crippen molar-refractivity contribution in [1.29, 1.82) is 0 Å². The summed E-state index contributed by atoms with van der Waals surface area (Å²) in [4.78, 5) is 0. The van der Waals surface area contributed by atoms with Crippen LogP contribution >= 0.6 is 0 Å². The summed E-state index contributed by atoms with van der Waals surface area (Å²) in [5.41, 5.74) is 0. The predicted octanol–water partition coefficient (Wildman–Crippen LogP) is 2.26. The van der Waals surface area contributed by atoms with E-state index in [1.54, 1.807) is 0 Å². The summed E-state index contributed by atoms with van der Waals surface area (Å²) >= 11 is 0. The highest BCUT2D eigenvalue weighted by molar-refractivity contribution is 4.79. The minimum absolute atomic E-state index is 0.728. The van der Waals surface area contributed by atoms with Crippen LogP contribution in [0.25, 0.3) is 0 Å². The fraction of sp³-hybridized carbons (Fsp3) is 1.00. The Balaban J connectivity index is 4.25. The maximum absolute atomic E-state index is 12.4. The maximum Gasteiger partial charge on any atom is 0.332 e. The number of rotatable bonds is 5. The van der Waals surface area contributed by atoms with Gasteiger partial charge in [0.2, 0.25) is 0 Å². The molecule has 0 saturated carbocycles. The molecular weight excluding hydrogens is 183 g/mol. The molecule has 74 valence electrons. The molecule has 0 aromatic rings. The second-order valence-corrected chi connectivity index (χ2v) is 2.18. The normalized spacial score (nSPS) is 15.2. The van der Waals surface area contributed by atoms with Gasteiger partial charge in [-0.15, -0.1) is 0 Å². The van der Waals surface area contributed by atoms with Crippen LogP contribution in [0.1, 0.15) is 6.42 Å². The molecule has 0 aliphatic heterocycles. The molecule has 0 fully saturated rings. The first-order valence-corrected chi connectivity index (χ1v) is 3.21. The van der Waals surface area contributed by atoms with Crippen LogP contribution in [0.15, 0.2) is 0 Å². The van der Waals surface area contributed by atoms with Crippen LogP contribution in [0.3, 0.4) is 0 Å². The van der Waals surface area contributed by atoms with Gasteiger partial charge in [0.25, 0.3) is 0 Å². The van der Waals surface area contributed by atoms with Gasteiger partial charge in [-0.3, -0.25) is 4.39 Å². The van der Waals surface area contributed by atoms with Gasteiger partial charge in [-0.05, 0) is 0 Å². The van der Waals surface area contributed by atoms with E-state index in [4.69, 9.17) is 0 Å². The van der Waals surface area contributed by atoms with E-state index in [2.05, 4.69) is 4.74 Å². The molecule has 0 aliphatic carbocycles. The van der Waals surface area contributed by atoms with E-state index in [0.717, 1.165) is 7.11 Å². The second kappa shape index (κ2) is 4.59. The number of methoxy groups -OCH3 is 1. The largest absolute Gasteiger partial charge is 0.375 e. The lowest BCUT2D eigenvalue weighted by Crippen LogP contribution is -2.41. The van der Waals surface area contributed by atoms with Gasteiger partial charge in [-0.1, -0.05) is 0 Å². The average molecular weight is 192 g/mol. The summed E-state index contributed by atoms with van der Waals surface area (Å²) in [6.45, 7) is -1.11. The van der Waals surface area contributed by atoms with Crippen LogP contribution in [-0.4, -0.2) is 32.2 Å². The van der Waals surface area contributed by atoms with Crippen molar-refractivity contribution in [3.05, 3.63) is 0 Å². The molecule has 0 aromatic carbocycles. The van der Waals surface area contributed by atoms with Crippen LogP contribution in [0, 0.1) is 0 Å². The molecular formula is C6H9F5O. The van der Waals surface area contributed by atoms with Crippen LogP contribution in [0.5, 0.6) is 0 Å². The average Bonchev–Trinajstić information content (AvgIpc) is 1.99. The van der Waals surface area contributed by atoms with Gasteiger partial charge in [0.15, 0.2) is 0 Å². The van der Waals surface area contributed by atoms with E-state index in [1.807, 2.05) is 0 Å². The molecule has 0 spiro atoms. The topological polar surface area (TPSA) is 9.23 Å². The van der Waals surface area contributed by atoms with Crippen molar-refractivity contribution < 1.29 is 26.7 Å². The van der Waals surface area contributed by atoms with Crippen molar-refractivity contribution >= 4 is 0 Å². The zero-order valence-corrected chi connectivity index (χ0v) is 6.37. The zero-order chi connectivity index (χ0) is 9.78. The van der Waals surface area contributed by atoms with Crippen LogP contribution in [0.4, 0.5) is 22.0 Å². The highest BCUT2D eigenvalue weighted by Gasteiger charge is 2.48. The number of ether oxygens (including phenoxy) is 1. The smallest absolute Gasteiger partial charge is 0.332 e. The number of hydrogen-bond acceptors (Lipinski definition) is 1. The standard InChI is InChI=1S/C6H9F5O/c1-12-4(2-3-7)6(10,11)5(8)9/h4-5H,2-3H2,1H3. The van der Waals surface area contributed by atoms with Crippen molar-refractivity contribution in [3.63, 3.8) is 0 Å². The quantitative estimate of drug-likeness (QED) is 0.607. The third kappa shape index (κ3) is 2.58. The van der Waals surface area contributed by atoms with Gasteiger partial charge in [0.1, 0.15) is 6.10 Å². The molecule has 0 aromatic heterocycles. The first-order chi connectivity index (χ1) is 5.46. The van der Waals surface area contributed by atoms with Crippen molar-refractivity contribution in [2.24, 2.45) is 0 Å². The Labute approximate surface area is 66.5 Å². The Hall–Kier alpha value is -0.390. The minimum atomic E-state index is -4.28. The molecule has 1 nitrogen and oxygen atoms in total. The fourth-order valence-electron chi connectivity index (χ4n) is 0.707. The summed E-state index contributed by atoms with van der Waals surface area (Å²) < 4.78 is 63.6. The molecule has 6 heteroatoms. The van der Waals surface area contributed by atoms with E-state index >= 15 is 0 Å². The maximum atomic E-state index is 12.4. The van der Waals surface area contributed by atoms with E-state index in [-0.39, 0.29) is 0 Å². The Morgan fingerprint density at radius 2 is 1.83 bits per heavy atom. The highest BCUT2D eigenvalue weighted by Crippen LogP contribution is 2.30. The molecule has 0 radical (unpaired) electrons. The van der Waals surface area contributed by atoms with Crippen LogP contribution < -0.4 is 0 Å². The molecule has 0 amide bonds. The summed E-state index contributed by atoms with van der Waals surface area (Å²) in [5.74, 6) is -4.28. The molecule has 0 bridgehead atoms. The predicted molar refractivity (Wildman–Crippen MR) is 32.3 cm³/mol. The van der Waals surface area contributed by atoms with Gasteiger partial charge in [-0.25, -0.2) is 8.78 Å². The SMILES string of the molecule is COC(CCF)C(F)(F)C(F)F. The molecule has 0 saturated heterocycles. The molecule has 0 rings (SSSR count). The Morgan fingerprint density at radius 1 is 1.33 bits per heavy atom. The van der Waals surface area contributed by atoms with Gasteiger partial charge in [0.05, 0.1) is 6.67 Å². The zero-order valence-electron chi connectivity index (χ0n) is 6.37. The number of alkyl halides is 5. The molecule has 1 unspecified atom stereocenters. The Morgan fingerprint density at radius 3 is 2.08 bits per heavy atom. The first-order valence-electron chi connectivity index (χ1n) is 3.21. The lowest BCUT2D eigenvalue weighted by molar-refractivity contribution is -0.201. The first kappa shape index (κ1) is 11.6. The molecule has 0 N–H and O–H groups in total. The monoisotopic (exact) mass is 192 g/mol. The lowest BCUT2D eigenvalue weighted by atomic mass is 10.1. The van der Waals surface area contributed by atoms with Gasteiger partial charge in [-0.2, -0.15) is 8.78 Å².